The number of urea groups is 1. The summed E-state index contributed by atoms with van der Waals surface area (Å²) < 4.78 is 17.7. The zero-order valence-corrected chi connectivity index (χ0v) is 32.7. The van der Waals surface area contributed by atoms with Gasteiger partial charge in [0.1, 0.15) is 11.0 Å². The van der Waals surface area contributed by atoms with Crippen LogP contribution in [0.2, 0.25) is 5.02 Å². The molecule has 0 aliphatic carbocycles. The highest BCUT2D eigenvalue weighted by Gasteiger charge is 2.41. The minimum atomic E-state index is -1.21. The zero-order chi connectivity index (χ0) is 37.6. The van der Waals surface area contributed by atoms with E-state index in [4.69, 9.17) is 11.6 Å². The number of carbonyl (C=O) groups is 2. The average Bonchev–Trinajstić information content (AvgIpc) is 3.67. The molecule has 5 aliphatic heterocycles. The minimum absolute atomic E-state index is 0.241. The van der Waals surface area contributed by atoms with E-state index in [2.05, 4.69) is 81.1 Å². The molecule has 0 radical (unpaired) electrons. The van der Waals surface area contributed by atoms with Crippen molar-refractivity contribution in [3.63, 3.8) is 0 Å². The zero-order valence-electron chi connectivity index (χ0n) is 31.1. The van der Waals surface area contributed by atoms with E-state index in [1.807, 2.05) is 17.8 Å². The summed E-state index contributed by atoms with van der Waals surface area (Å²) in [6, 6.07) is 15.6. The van der Waals surface area contributed by atoms with Gasteiger partial charge >= 0.3 is 6.03 Å². The molecule has 5 aliphatic rings. The maximum Gasteiger partial charge on any atom is 0.329 e. The van der Waals surface area contributed by atoms with Gasteiger partial charge in [-0.2, -0.15) is 5.10 Å². The fourth-order valence-electron chi connectivity index (χ4n) is 9.33. The van der Waals surface area contributed by atoms with E-state index in [-0.39, 0.29) is 18.4 Å². The monoisotopic (exact) mass is 785 g/mol. The Kier molecular flexibility index (Phi) is 10.1. The first-order chi connectivity index (χ1) is 26.8. The summed E-state index contributed by atoms with van der Waals surface area (Å²) in [5, 5.41) is 11.9. The van der Waals surface area contributed by atoms with Gasteiger partial charge in [0.15, 0.2) is 5.82 Å². The Labute approximate surface area is 328 Å². The summed E-state index contributed by atoms with van der Waals surface area (Å²) >= 11 is 5.93. The number of piperazine rings is 1. The molecule has 0 spiro atoms. The number of piperidine rings is 2. The molecule has 2 aromatic carbocycles. The number of hydrogen-bond donors (Lipinski definition) is 2. The third-order valence-electron chi connectivity index (χ3n) is 12.1. The first-order valence-electron chi connectivity index (χ1n) is 19.6. The van der Waals surface area contributed by atoms with Crippen molar-refractivity contribution < 1.29 is 13.8 Å². The van der Waals surface area contributed by atoms with Gasteiger partial charge in [-0.25, -0.2) is 23.3 Å². The van der Waals surface area contributed by atoms with Gasteiger partial charge in [0.25, 0.3) is 0 Å². The fourth-order valence-corrected chi connectivity index (χ4v) is 10.7. The third-order valence-corrected chi connectivity index (χ3v) is 13.8. The van der Waals surface area contributed by atoms with Crippen molar-refractivity contribution in [1.29, 1.82) is 0 Å². The number of aryl methyl sites for hydroxylation is 1. The molecule has 290 valence electrons. The summed E-state index contributed by atoms with van der Waals surface area (Å²) in [6.45, 7) is 7.14. The van der Waals surface area contributed by atoms with Crippen LogP contribution < -0.4 is 25.3 Å². The van der Waals surface area contributed by atoms with Crippen LogP contribution in [0, 0.1) is 5.92 Å². The molecule has 5 saturated heterocycles. The van der Waals surface area contributed by atoms with E-state index in [1.165, 1.54) is 24.2 Å². The maximum atomic E-state index is 13.8. The summed E-state index contributed by atoms with van der Waals surface area (Å²) in [7, 11) is 0.700. The van der Waals surface area contributed by atoms with Crippen LogP contribution in [0.3, 0.4) is 0 Å². The molecule has 2 bridgehead atoms. The lowest BCUT2D eigenvalue weighted by molar-refractivity contribution is -0.120. The molecule has 3 atom stereocenters. The smallest absolute Gasteiger partial charge is 0.329 e. The Morgan fingerprint density at radius 2 is 1.64 bits per heavy atom. The van der Waals surface area contributed by atoms with Crippen molar-refractivity contribution in [2.24, 2.45) is 13.0 Å². The Morgan fingerprint density at radius 3 is 2.36 bits per heavy atom. The third kappa shape index (κ3) is 7.51. The summed E-state index contributed by atoms with van der Waals surface area (Å²) in [5.41, 5.74) is 3.36. The number of aromatic nitrogens is 4. The number of fused-ring (bicyclic) bond motifs is 3. The van der Waals surface area contributed by atoms with E-state index in [0.29, 0.717) is 41.3 Å². The van der Waals surface area contributed by atoms with Gasteiger partial charge in [-0.1, -0.05) is 17.7 Å². The first-order valence-corrected chi connectivity index (χ1v) is 21.1. The van der Waals surface area contributed by atoms with Crippen molar-refractivity contribution in [2.45, 2.75) is 68.0 Å². The van der Waals surface area contributed by atoms with E-state index >= 15 is 0 Å². The van der Waals surface area contributed by atoms with Crippen molar-refractivity contribution in [1.82, 2.24) is 34.3 Å². The van der Waals surface area contributed by atoms with Gasteiger partial charge < -0.3 is 15.1 Å². The lowest BCUT2D eigenvalue weighted by Crippen LogP contribution is -2.55. The van der Waals surface area contributed by atoms with Crippen molar-refractivity contribution in [3.8, 4) is 0 Å². The van der Waals surface area contributed by atoms with Gasteiger partial charge in [0.05, 0.1) is 27.8 Å². The minimum Gasteiger partial charge on any atom is -0.371 e. The van der Waals surface area contributed by atoms with Crippen molar-refractivity contribution in [2.75, 3.05) is 72.4 Å². The highest BCUT2D eigenvalue weighted by Crippen LogP contribution is 2.37. The van der Waals surface area contributed by atoms with E-state index in [9.17, 15) is 13.8 Å². The standard InChI is InChI=1S/C39H48ClN11O3S/c1-46-35-20-29(7-8-34(35)37(45-46)50-18-13-36(52)44-39(50)53)48-14-9-26(10-15-48)23-47-24-31-5-6-32(25-47)51(31)30-3-2-4-33(19-30)55(54)49-16-11-28(12-17-49)43-38-41-21-27(40)22-42-38/h2-4,7-8,19-22,26,28,31-32H,5-6,9-18,23-25H2,1H3,(H,41,42,43)(H,44,52,53). The molecular weight excluding hydrogens is 738 g/mol. The van der Waals surface area contributed by atoms with Crippen LogP contribution in [0.1, 0.15) is 44.9 Å². The molecule has 2 N–H and O–H groups in total. The number of carbonyl (C=O) groups excluding carboxylic acids is 2. The first kappa shape index (κ1) is 36.3. The molecule has 5 fully saturated rings. The molecule has 9 rings (SSSR count). The Morgan fingerprint density at radius 1 is 0.891 bits per heavy atom. The van der Waals surface area contributed by atoms with Crippen LogP contribution in [0.4, 0.5) is 27.9 Å². The summed E-state index contributed by atoms with van der Waals surface area (Å²) in [6.07, 6.45) is 9.92. The highest BCUT2D eigenvalue weighted by molar-refractivity contribution is 7.82. The van der Waals surface area contributed by atoms with Crippen LogP contribution in [0.25, 0.3) is 10.9 Å². The second-order valence-electron chi connectivity index (χ2n) is 15.7. The number of rotatable bonds is 9. The number of benzene rings is 2. The van der Waals surface area contributed by atoms with Gasteiger partial charge in [0, 0.05) is 101 Å². The molecule has 7 heterocycles. The van der Waals surface area contributed by atoms with E-state index in [1.54, 1.807) is 17.3 Å². The Hall–Kier alpha value is -4.31. The molecule has 2 aromatic heterocycles. The van der Waals surface area contributed by atoms with Gasteiger partial charge in [-0.15, -0.1) is 0 Å². The van der Waals surface area contributed by atoms with Crippen molar-refractivity contribution in [3.05, 3.63) is 59.9 Å². The van der Waals surface area contributed by atoms with E-state index < -0.39 is 17.0 Å². The molecular formula is C39H48ClN11O3S. The molecule has 14 nitrogen and oxygen atoms in total. The Bertz CT molecular complexity index is 2070. The number of hydrogen-bond acceptors (Lipinski definition) is 10. The molecule has 4 aromatic rings. The molecule has 3 amide bonds. The maximum absolute atomic E-state index is 13.8. The quantitative estimate of drug-likeness (QED) is 0.248. The number of likely N-dealkylation sites (tertiary alicyclic amines) is 1. The van der Waals surface area contributed by atoms with Gasteiger partial charge in [-0.3, -0.25) is 24.6 Å². The van der Waals surface area contributed by atoms with Gasteiger partial charge in [-0.05, 0) is 80.8 Å². The van der Waals surface area contributed by atoms with E-state index in [0.717, 1.165) is 87.3 Å². The second kappa shape index (κ2) is 15.3. The molecule has 0 saturated carbocycles. The number of amides is 3. The summed E-state index contributed by atoms with van der Waals surface area (Å²) in [5.74, 6) is 1.59. The lowest BCUT2D eigenvalue weighted by atomic mass is 9.95. The predicted octanol–water partition coefficient (Wildman–Crippen LogP) is 4.63. The molecule has 55 heavy (non-hydrogen) atoms. The SMILES string of the molecule is Cn1nc(N2CCC(=O)NC2=O)c2ccc(N3CCC(CN4CC5CCC(C4)N5c4cccc(S(=O)N5CCC(Nc6ncc(Cl)cn6)CC5)c4)CC3)cc21. The average molecular weight is 786 g/mol. The predicted molar refractivity (Wildman–Crippen MR) is 215 cm³/mol. The molecule has 16 heteroatoms. The topological polar surface area (TPSA) is 135 Å². The molecule has 3 unspecified atom stereocenters. The lowest BCUT2D eigenvalue weighted by Gasteiger charge is -2.44. The van der Waals surface area contributed by atoms with Crippen LogP contribution >= 0.6 is 11.6 Å². The van der Waals surface area contributed by atoms with Crippen LogP contribution in [-0.4, -0.2) is 116 Å². The number of halogens is 1. The fraction of sp³-hybridized carbons (Fsp3) is 0.513. The number of imide groups is 1. The number of anilines is 4. The van der Waals surface area contributed by atoms with Crippen molar-refractivity contribution >= 4 is 68.6 Å². The largest absolute Gasteiger partial charge is 0.371 e. The van der Waals surface area contributed by atoms with Gasteiger partial charge in [0.2, 0.25) is 11.9 Å². The van der Waals surface area contributed by atoms with Crippen LogP contribution in [0.5, 0.6) is 0 Å². The van der Waals surface area contributed by atoms with Crippen LogP contribution in [-0.2, 0) is 22.8 Å². The normalized spacial score (nSPS) is 23.8. The highest BCUT2D eigenvalue weighted by atomic mass is 35.5. The summed E-state index contributed by atoms with van der Waals surface area (Å²) in [4.78, 5) is 43.0. The number of nitrogens with one attached hydrogen (secondary N) is 2. The van der Waals surface area contributed by atoms with Crippen LogP contribution in [0.15, 0.2) is 59.8 Å². The number of nitrogens with zero attached hydrogens (tertiary/aromatic N) is 9. The Balaban J connectivity index is 0.772. The second-order valence-corrected chi connectivity index (χ2v) is 17.6.